The van der Waals surface area contributed by atoms with Crippen molar-refractivity contribution in [2.45, 2.75) is 0 Å². The average molecular weight is 405 g/mol. The molecule has 0 atom stereocenters. The number of nitrogens with zero attached hydrogens (tertiary/aromatic N) is 2. The second-order valence-corrected chi connectivity index (χ2v) is 9.11. The highest BCUT2D eigenvalue weighted by atomic mass is 35.5. The van der Waals surface area contributed by atoms with Gasteiger partial charge >= 0.3 is 0 Å². The number of sulfone groups is 1. The van der Waals surface area contributed by atoms with E-state index in [0.717, 1.165) is 11.1 Å². The van der Waals surface area contributed by atoms with Crippen LogP contribution in [0.2, 0.25) is 5.02 Å². The summed E-state index contributed by atoms with van der Waals surface area (Å²) in [5.74, 6) is 0.369. The van der Waals surface area contributed by atoms with Gasteiger partial charge in [0, 0.05) is 41.6 Å². The molecule has 1 amide bonds. The monoisotopic (exact) mass is 404 g/mol. The molecule has 9 heteroatoms. The number of aromatic amines is 1. The minimum absolute atomic E-state index is 0.00551. The molecule has 140 valence electrons. The third-order valence-corrected chi connectivity index (χ3v) is 6.39. The van der Waals surface area contributed by atoms with Crippen LogP contribution in [0, 0.1) is 0 Å². The van der Waals surface area contributed by atoms with Gasteiger partial charge in [-0.05, 0) is 24.3 Å². The van der Waals surface area contributed by atoms with E-state index in [2.05, 4.69) is 15.3 Å². The summed E-state index contributed by atoms with van der Waals surface area (Å²) in [7, 11) is -3.05. The number of anilines is 2. The van der Waals surface area contributed by atoms with Crippen molar-refractivity contribution in [2.75, 3.05) is 29.9 Å². The van der Waals surface area contributed by atoms with E-state index in [1.165, 1.54) is 6.20 Å². The first kappa shape index (κ1) is 17.8. The fourth-order valence-corrected chi connectivity index (χ4v) is 4.49. The van der Waals surface area contributed by atoms with Gasteiger partial charge in [0.1, 0.15) is 5.82 Å². The minimum Gasteiger partial charge on any atom is -0.360 e. The minimum atomic E-state index is -3.05. The molecule has 2 N–H and O–H groups in total. The number of halogens is 1. The molecule has 3 heterocycles. The Kier molecular flexibility index (Phi) is 4.53. The topological polar surface area (TPSA) is 95.2 Å². The molecule has 1 fully saturated rings. The van der Waals surface area contributed by atoms with Crippen molar-refractivity contribution >= 4 is 49.8 Å². The lowest BCUT2D eigenvalue weighted by Crippen LogP contribution is -2.43. The van der Waals surface area contributed by atoms with Gasteiger partial charge in [0.15, 0.2) is 9.84 Å². The van der Waals surface area contributed by atoms with Crippen molar-refractivity contribution < 1.29 is 13.2 Å². The molecular weight excluding hydrogens is 388 g/mol. The maximum Gasteiger partial charge on any atom is 0.257 e. The molecule has 27 heavy (non-hydrogen) atoms. The Morgan fingerprint density at radius 2 is 2.00 bits per heavy atom. The summed E-state index contributed by atoms with van der Waals surface area (Å²) in [6.45, 7) is 0.401. The predicted molar refractivity (Wildman–Crippen MR) is 105 cm³/mol. The van der Waals surface area contributed by atoms with E-state index in [1.807, 2.05) is 18.2 Å². The van der Waals surface area contributed by atoms with Crippen LogP contribution in [0.4, 0.5) is 11.5 Å². The SMILES string of the molecule is O=C(c1cnc(Nc2cccc(Cl)c2)c2cc[nH]c12)N1CCS(=O)(=O)CC1. The lowest BCUT2D eigenvalue weighted by Gasteiger charge is -2.27. The van der Waals surface area contributed by atoms with Crippen LogP contribution >= 0.6 is 11.6 Å². The van der Waals surface area contributed by atoms with Crippen molar-refractivity contribution in [3.05, 3.63) is 53.3 Å². The summed E-state index contributed by atoms with van der Waals surface area (Å²) < 4.78 is 23.2. The van der Waals surface area contributed by atoms with Crippen LogP contribution in [0.25, 0.3) is 10.9 Å². The molecule has 0 unspecified atom stereocenters. The Hall–Kier alpha value is -2.58. The van der Waals surface area contributed by atoms with Gasteiger partial charge in [0.05, 0.1) is 22.6 Å². The number of carbonyl (C=O) groups is 1. The Balaban J connectivity index is 1.64. The third-order valence-electron chi connectivity index (χ3n) is 4.54. The van der Waals surface area contributed by atoms with E-state index in [-0.39, 0.29) is 30.5 Å². The van der Waals surface area contributed by atoms with Crippen molar-refractivity contribution in [2.24, 2.45) is 0 Å². The molecule has 0 aliphatic carbocycles. The highest BCUT2D eigenvalue weighted by molar-refractivity contribution is 7.91. The van der Waals surface area contributed by atoms with Crippen LogP contribution in [-0.2, 0) is 9.84 Å². The molecule has 0 bridgehead atoms. The van der Waals surface area contributed by atoms with Gasteiger partial charge in [-0.2, -0.15) is 0 Å². The quantitative estimate of drug-likeness (QED) is 0.699. The fourth-order valence-electron chi connectivity index (χ4n) is 3.10. The lowest BCUT2D eigenvalue weighted by molar-refractivity contribution is 0.0771. The number of hydrogen-bond acceptors (Lipinski definition) is 5. The maximum absolute atomic E-state index is 12.9. The van der Waals surface area contributed by atoms with Crippen LogP contribution in [0.5, 0.6) is 0 Å². The summed E-state index contributed by atoms with van der Waals surface area (Å²) in [4.78, 5) is 21.9. The first-order chi connectivity index (χ1) is 12.9. The smallest absolute Gasteiger partial charge is 0.257 e. The van der Waals surface area contributed by atoms with E-state index >= 15 is 0 Å². The number of aromatic nitrogens is 2. The Labute approximate surface area is 161 Å². The highest BCUT2D eigenvalue weighted by Gasteiger charge is 2.27. The van der Waals surface area contributed by atoms with Crippen LogP contribution in [0.3, 0.4) is 0 Å². The molecule has 1 aliphatic rings. The van der Waals surface area contributed by atoms with Gasteiger partial charge in [-0.1, -0.05) is 17.7 Å². The normalized spacial score (nSPS) is 16.4. The molecule has 3 aromatic rings. The second-order valence-electron chi connectivity index (χ2n) is 6.37. The zero-order valence-electron chi connectivity index (χ0n) is 14.3. The first-order valence-corrected chi connectivity index (χ1v) is 10.6. The second kappa shape index (κ2) is 6.86. The number of rotatable bonds is 3. The van der Waals surface area contributed by atoms with E-state index in [1.54, 1.807) is 23.2 Å². The van der Waals surface area contributed by atoms with E-state index in [0.29, 0.717) is 21.9 Å². The molecule has 4 rings (SSSR count). The van der Waals surface area contributed by atoms with Crippen molar-refractivity contribution in [3.8, 4) is 0 Å². The fraction of sp³-hybridized carbons (Fsp3) is 0.222. The molecule has 1 aliphatic heterocycles. The first-order valence-electron chi connectivity index (χ1n) is 8.41. The number of pyridine rings is 1. The largest absolute Gasteiger partial charge is 0.360 e. The summed E-state index contributed by atoms with van der Waals surface area (Å²) in [6, 6.07) is 9.12. The maximum atomic E-state index is 12.9. The standard InChI is InChI=1S/C18H17ClN4O3S/c19-12-2-1-3-13(10-12)22-17-14-4-5-20-16(14)15(11-21-17)18(24)23-6-8-27(25,26)9-7-23/h1-5,10-11,20H,6-9H2,(H,21,22). The molecule has 0 spiro atoms. The predicted octanol–water partition coefficient (Wildman–Crippen LogP) is 2.83. The molecular formula is C18H17ClN4O3S. The molecule has 7 nitrogen and oxygen atoms in total. The third kappa shape index (κ3) is 3.63. The number of carbonyl (C=O) groups excluding carboxylic acids is 1. The van der Waals surface area contributed by atoms with E-state index < -0.39 is 9.84 Å². The summed E-state index contributed by atoms with van der Waals surface area (Å²) in [6.07, 6.45) is 3.25. The number of fused-ring (bicyclic) bond motifs is 1. The number of amides is 1. The van der Waals surface area contributed by atoms with E-state index in [9.17, 15) is 13.2 Å². The Morgan fingerprint density at radius 1 is 1.22 bits per heavy atom. The number of benzene rings is 1. The van der Waals surface area contributed by atoms with Crippen molar-refractivity contribution in [1.29, 1.82) is 0 Å². The summed E-state index contributed by atoms with van der Waals surface area (Å²) in [5.41, 5.74) is 1.87. The van der Waals surface area contributed by atoms with Gasteiger partial charge < -0.3 is 15.2 Å². The zero-order chi connectivity index (χ0) is 19.0. The van der Waals surface area contributed by atoms with E-state index in [4.69, 9.17) is 11.6 Å². The van der Waals surface area contributed by atoms with Gasteiger partial charge in [-0.25, -0.2) is 13.4 Å². The Bertz CT molecular complexity index is 1110. The van der Waals surface area contributed by atoms with Gasteiger partial charge in [-0.15, -0.1) is 0 Å². The average Bonchev–Trinajstić information content (AvgIpc) is 3.12. The van der Waals surface area contributed by atoms with Crippen molar-refractivity contribution in [3.63, 3.8) is 0 Å². The summed E-state index contributed by atoms with van der Waals surface area (Å²) in [5, 5.41) is 4.59. The van der Waals surface area contributed by atoms with Gasteiger partial charge in [-0.3, -0.25) is 4.79 Å². The Morgan fingerprint density at radius 3 is 2.74 bits per heavy atom. The lowest BCUT2D eigenvalue weighted by atomic mass is 10.1. The van der Waals surface area contributed by atoms with Gasteiger partial charge in [0.25, 0.3) is 5.91 Å². The van der Waals surface area contributed by atoms with Gasteiger partial charge in [0.2, 0.25) is 0 Å². The number of hydrogen-bond donors (Lipinski definition) is 2. The highest BCUT2D eigenvalue weighted by Crippen LogP contribution is 2.28. The summed E-state index contributed by atoms with van der Waals surface area (Å²) >= 11 is 6.02. The molecule has 0 radical (unpaired) electrons. The zero-order valence-corrected chi connectivity index (χ0v) is 15.8. The van der Waals surface area contributed by atoms with Crippen LogP contribution in [-0.4, -0.2) is 53.8 Å². The molecule has 1 saturated heterocycles. The van der Waals surface area contributed by atoms with Crippen LogP contribution in [0.15, 0.2) is 42.7 Å². The van der Waals surface area contributed by atoms with Crippen LogP contribution in [0.1, 0.15) is 10.4 Å². The number of nitrogens with one attached hydrogen (secondary N) is 2. The number of H-pyrrole nitrogens is 1. The van der Waals surface area contributed by atoms with Crippen molar-refractivity contribution in [1.82, 2.24) is 14.9 Å². The molecule has 1 aromatic carbocycles. The molecule has 0 saturated carbocycles. The molecule has 2 aromatic heterocycles. The van der Waals surface area contributed by atoms with Crippen LogP contribution < -0.4 is 5.32 Å².